The first-order valence-corrected chi connectivity index (χ1v) is 7.13. The lowest BCUT2D eigenvalue weighted by atomic mass is 10.2. The van der Waals surface area contributed by atoms with Crippen molar-refractivity contribution in [1.29, 1.82) is 0 Å². The van der Waals surface area contributed by atoms with Crippen LogP contribution in [0, 0.1) is 0 Å². The fourth-order valence-corrected chi connectivity index (χ4v) is 3.26. The summed E-state index contributed by atoms with van der Waals surface area (Å²) in [4.78, 5) is 38.4. The van der Waals surface area contributed by atoms with E-state index in [2.05, 4.69) is 0 Å². The lowest BCUT2D eigenvalue weighted by Gasteiger charge is -2.23. The van der Waals surface area contributed by atoms with E-state index in [0.717, 1.165) is 10.5 Å². The summed E-state index contributed by atoms with van der Waals surface area (Å²) in [5.74, 6) is 0.237. The van der Waals surface area contributed by atoms with Crippen molar-refractivity contribution in [3.63, 3.8) is 0 Å². The van der Waals surface area contributed by atoms with Crippen LogP contribution in [-0.4, -0.2) is 45.2 Å². The number of imide groups is 2. The number of hydrogen-bond acceptors (Lipinski definition) is 4. The number of carbonyl (C=O) groups excluding carboxylic acids is 3. The maximum atomic E-state index is 12.2. The molecule has 1 unspecified atom stereocenters. The van der Waals surface area contributed by atoms with E-state index in [1.54, 1.807) is 0 Å². The van der Waals surface area contributed by atoms with E-state index in [1.165, 1.54) is 16.7 Å². The quantitative estimate of drug-likeness (QED) is 0.759. The van der Waals surface area contributed by atoms with Gasteiger partial charge in [0.15, 0.2) is 0 Å². The van der Waals surface area contributed by atoms with Gasteiger partial charge < -0.3 is 0 Å². The van der Waals surface area contributed by atoms with E-state index in [9.17, 15) is 14.4 Å². The zero-order chi connectivity index (χ0) is 13.4. The Morgan fingerprint density at radius 3 is 2.58 bits per heavy atom. The van der Waals surface area contributed by atoms with E-state index in [-0.39, 0.29) is 24.1 Å². The molecule has 2 saturated heterocycles. The third-order valence-corrected chi connectivity index (χ3v) is 4.26. The minimum absolute atomic E-state index is 0.226. The monoisotopic (exact) mass is 276 g/mol. The van der Waals surface area contributed by atoms with Crippen LogP contribution in [0.5, 0.6) is 0 Å². The molecule has 0 N–H and O–H groups in total. The van der Waals surface area contributed by atoms with Gasteiger partial charge in [-0.15, -0.1) is 11.8 Å². The van der Waals surface area contributed by atoms with Crippen LogP contribution in [0.25, 0.3) is 0 Å². The number of nitrogens with zero attached hydrogens (tertiary/aromatic N) is 2. The minimum Gasteiger partial charge on any atom is -0.273 e. The molecule has 2 heterocycles. The molecular formula is C13H12N2O3S. The van der Waals surface area contributed by atoms with E-state index >= 15 is 0 Å². The summed E-state index contributed by atoms with van der Waals surface area (Å²) in [6.07, 6.45) is 0. The maximum Gasteiger partial charge on any atom is 0.334 e. The van der Waals surface area contributed by atoms with Crippen molar-refractivity contribution in [3.05, 3.63) is 35.9 Å². The Morgan fingerprint density at radius 2 is 1.89 bits per heavy atom. The summed E-state index contributed by atoms with van der Waals surface area (Å²) in [7, 11) is 0. The van der Waals surface area contributed by atoms with E-state index in [1.807, 2.05) is 30.3 Å². The van der Waals surface area contributed by atoms with Crippen molar-refractivity contribution in [2.75, 3.05) is 11.5 Å². The molecule has 0 bridgehead atoms. The van der Waals surface area contributed by atoms with Crippen molar-refractivity contribution >= 4 is 29.6 Å². The predicted octanol–water partition coefficient (Wildman–Crippen LogP) is 1.09. The molecular weight excluding hydrogens is 264 g/mol. The fourth-order valence-electron chi connectivity index (χ4n) is 2.31. The van der Waals surface area contributed by atoms with Gasteiger partial charge in [0.25, 0.3) is 5.91 Å². The zero-order valence-electron chi connectivity index (χ0n) is 10.1. The van der Waals surface area contributed by atoms with Crippen molar-refractivity contribution < 1.29 is 14.4 Å². The van der Waals surface area contributed by atoms with Crippen LogP contribution in [-0.2, 0) is 16.1 Å². The molecule has 0 aromatic heterocycles. The first kappa shape index (κ1) is 12.2. The van der Waals surface area contributed by atoms with Crippen molar-refractivity contribution in [1.82, 2.24) is 9.80 Å². The summed E-state index contributed by atoms with van der Waals surface area (Å²) in [5.41, 5.74) is 0.879. The highest BCUT2D eigenvalue weighted by Gasteiger charge is 2.49. The topological polar surface area (TPSA) is 57.7 Å². The highest BCUT2D eigenvalue weighted by Crippen LogP contribution is 2.27. The summed E-state index contributed by atoms with van der Waals surface area (Å²) in [6, 6.07) is 8.21. The van der Waals surface area contributed by atoms with Gasteiger partial charge in [-0.25, -0.2) is 9.69 Å². The number of amides is 4. The summed E-state index contributed by atoms with van der Waals surface area (Å²) < 4.78 is 0. The van der Waals surface area contributed by atoms with Crippen LogP contribution >= 0.6 is 11.8 Å². The molecule has 2 fully saturated rings. The summed E-state index contributed by atoms with van der Waals surface area (Å²) in [6.45, 7) is 0.226. The highest BCUT2D eigenvalue weighted by molar-refractivity contribution is 8.00. The van der Waals surface area contributed by atoms with Crippen LogP contribution in [0.2, 0.25) is 0 Å². The normalized spacial score (nSPS) is 22.9. The van der Waals surface area contributed by atoms with Gasteiger partial charge in [-0.3, -0.25) is 14.5 Å². The molecule has 1 atom stereocenters. The second kappa shape index (κ2) is 4.70. The van der Waals surface area contributed by atoms with Crippen LogP contribution < -0.4 is 0 Å². The molecule has 0 saturated carbocycles. The third kappa shape index (κ3) is 2.02. The first-order valence-electron chi connectivity index (χ1n) is 5.97. The standard InChI is InChI=1S/C13H12N2O3S/c16-11-8-19-7-10-12(17)14(13(18)15(10)11)6-9-4-2-1-3-5-9/h1-5,10H,6-8H2. The Kier molecular flexibility index (Phi) is 3.02. The Labute approximate surface area is 114 Å². The van der Waals surface area contributed by atoms with E-state index in [0.29, 0.717) is 5.75 Å². The van der Waals surface area contributed by atoms with Gasteiger partial charge in [0.1, 0.15) is 6.04 Å². The zero-order valence-corrected chi connectivity index (χ0v) is 10.9. The lowest BCUT2D eigenvalue weighted by molar-refractivity contribution is -0.133. The molecule has 5 nitrogen and oxygen atoms in total. The first-order chi connectivity index (χ1) is 9.18. The Balaban J connectivity index is 1.85. The van der Waals surface area contributed by atoms with Gasteiger partial charge in [0.2, 0.25) is 5.91 Å². The van der Waals surface area contributed by atoms with Crippen LogP contribution in [0.15, 0.2) is 30.3 Å². The minimum atomic E-state index is -0.609. The lowest BCUT2D eigenvalue weighted by Crippen LogP contribution is -2.46. The number of urea groups is 1. The van der Waals surface area contributed by atoms with E-state index in [4.69, 9.17) is 0 Å². The molecule has 98 valence electrons. The largest absolute Gasteiger partial charge is 0.334 e. The molecule has 1 aromatic carbocycles. The SMILES string of the molecule is O=C1C2CSCC(=O)N2C(=O)N1Cc1ccccc1. The molecule has 0 spiro atoms. The Bertz CT molecular complexity index is 546. The van der Waals surface area contributed by atoms with Crippen molar-refractivity contribution in [3.8, 4) is 0 Å². The molecule has 3 rings (SSSR count). The third-order valence-electron chi connectivity index (χ3n) is 3.25. The average molecular weight is 276 g/mol. The van der Waals surface area contributed by atoms with Gasteiger partial charge in [-0.2, -0.15) is 0 Å². The number of hydrogen-bond donors (Lipinski definition) is 0. The molecule has 1 aromatic rings. The molecule has 4 amide bonds. The number of rotatable bonds is 2. The predicted molar refractivity (Wildman–Crippen MR) is 70.3 cm³/mol. The molecule has 0 aliphatic carbocycles. The van der Waals surface area contributed by atoms with Crippen LogP contribution in [0.3, 0.4) is 0 Å². The molecule has 2 aliphatic rings. The highest BCUT2D eigenvalue weighted by atomic mass is 32.2. The van der Waals surface area contributed by atoms with Gasteiger partial charge in [0, 0.05) is 5.75 Å². The molecule has 0 radical (unpaired) electrons. The Morgan fingerprint density at radius 1 is 1.16 bits per heavy atom. The number of fused-ring (bicyclic) bond motifs is 1. The van der Waals surface area contributed by atoms with Crippen LogP contribution in [0.1, 0.15) is 5.56 Å². The summed E-state index contributed by atoms with van der Waals surface area (Å²) >= 11 is 1.40. The second-order valence-corrected chi connectivity index (χ2v) is 5.52. The van der Waals surface area contributed by atoms with Gasteiger partial charge in [-0.1, -0.05) is 30.3 Å². The summed E-state index contributed by atoms with van der Waals surface area (Å²) in [5, 5.41) is 0. The molecule has 6 heteroatoms. The Hall–Kier alpha value is -1.82. The van der Waals surface area contributed by atoms with Crippen molar-refractivity contribution in [2.24, 2.45) is 0 Å². The fraction of sp³-hybridized carbons (Fsp3) is 0.308. The van der Waals surface area contributed by atoms with Gasteiger partial charge in [0.05, 0.1) is 12.3 Å². The average Bonchev–Trinajstić information content (AvgIpc) is 2.66. The number of thioether (sulfide) groups is 1. The number of benzene rings is 1. The smallest absolute Gasteiger partial charge is 0.273 e. The molecule has 2 aliphatic heterocycles. The molecule has 19 heavy (non-hydrogen) atoms. The van der Waals surface area contributed by atoms with Crippen molar-refractivity contribution in [2.45, 2.75) is 12.6 Å². The second-order valence-electron chi connectivity index (χ2n) is 4.49. The number of carbonyl (C=O) groups is 3. The van der Waals surface area contributed by atoms with Gasteiger partial charge in [-0.05, 0) is 5.56 Å². The van der Waals surface area contributed by atoms with E-state index < -0.39 is 12.1 Å². The maximum absolute atomic E-state index is 12.2. The van der Waals surface area contributed by atoms with Gasteiger partial charge >= 0.3 is 6.03 Å². The van der Waals surface area contributed by atoms with Crippen LogP contribution in [0.4, 0.5) is 4.79 Å².